The van der Waals surface area contributed by atoms with E-state index >= 15 is 0 Å². The molecular formula is C15H14ClN5OS2. The lowest BCUT2D eigenvalue weighted by Crippen LogP contribution is -2.22. The number of nitrogens with zero attached hydrogens (tertiary/aromatic N) is 5. The molecule has 2 heterocycles. The van der Waals surface area contributed by atoms with Gasteiger partial charge in [-0.3, -0.25) is 9.69 Å². The maximum atomic E-state index is 12.1. The summed E-state index contributed by atoms with van der Waals surface area (Å²) >= 11 is 9.00. The number of anilines is 2. The molecule has 124 valence electrons. The quantitative estimate of drug-likeness (QED) is 0.629. The van der Waals surface area contributed by atoms with Crippen LogP contribution < -0.4 is 4.90 Å². The summed E-state index contributed by atoms with van der Waals surface area (Å²) in [7, 11) is 1.89. The van der Waals surface area contributed by atoms with Crippen molar-refractivity contribution in [2.75, 3.05) is 4.90 Å². The van der Waals surface area contributed by atoms with E-state index in [1.54, 1.807) is 35.1 Å². The summed E-state index contributed by atoms with van der Waals surface area (Å²) in [6, 6.07) is 7.17. The van der Waals surface area contributed by atoms with Gasteiger partial charge in [-0.15, -0.1) is 21.5 Å². The molecule has 0 unspecified atom stereocenters. The summed E-state index contributed by atoms with van der Waals surface area (Å²) in [5.74, 6) is 0.545. The van der Waals surface area contributed by atoms with Crippen LogP contribution in [0.1, 0.15) is 12.6 Å². The number of aryl methyl sites for hydroxylation is 1. The van der Waals surface area contributed by atoms with Crippen LogP contribution in [0.3, 0.4) is 0 Å². The molecule has 0 radical (unpaired) electrons. The fourth-order valence-corrected chi connectivity index (χ4v) is 4.01. The Kier molecular flexibility index (Phi) is 5.17. The second-order valence-corrected chi connectivity index (χ2v) is 7.18. The summed E-state index contributed by atoms with van der Waals surface area (Å²) < 4.78 is 1.85. The number of hydrogen-bond acceptors (Lipinski definition) is 6. The number of carbonyl (C=O) groups is 1. The number of aromatic nitrogens is 4. The molecule has 24 heavy (non-hydrogen) atoms. The summed E-state index contributed by atoms with van der Waals surface area (Å²) in [5, 5.41) is 11.8. The van der Waals surface area contributed by atoms with Crippen LogP contribution in [0.25, 0.3) is 0 Å². The Morgan fingerprint density at radius 3 is 2.96 bits per heavy atom. The van der Waals surface area contributed by atoms with E-state index in [0.717, 1.165) is 10.9 Å². The van der Waals surface area contributed by atoms with Gasteiger partial charge in [-0.1, -0.05) is 29.4 Å². The molecule has 0 N–H and O–H groups in total. The van der Waals surface area contributed by atoms with Crippen molar-refractivity contribution in [3.63, 3.8) is 0 Å². The topological polar surface area (TPSA) is 63.9 Å². The van der Waals surface area contributed by atoms with E-state index in [-0.39, 0.29) is 5.91 Å². The molecule has 1 amide bonds. The van der Waals surface area contributed by atoms with Gasteiger partial charge in [-0.25, -0.2) is 4.98 Å². The zero-order valence-electron chi connectivity index (χ0n) is 13.0. The standard InChI is InChI=1S/C15H14ClN5OS2/c1-10(22)21(13-5-3-4-11(16)6-13)14-18-12(7-23-14)8-24-15-19-17-9-20(15)2/h3-7,9H,8H2,1-2H3. The van der Waals surface area contributed by atoms with Crippen LogP contribution in [-0.4, -0.2) is 25.7 Å². The van der Waals surface area contributed by atoms with Crippen LogP contribution in [0, 0.1) is 0 Å². The van der Waals surface area contributed by atoms with E-state index in [1.165, 1.54) is 18.3 Å². The summed E-state index contributed by atoms with van der Waals surface area (Å²) in [6.07, 6.45) is 1.66. The molecule has 3 aromatic rings. The van der Waals surface area contributed by atoms with Gasteiger partial charge in [0.05, 0.1) is 11.4 Å². The highest BCUT2D eigenvalue weighted by atomic mass is 35.5. The third kappa shape index (κ3) is 3.77. The Labute approximate surface area is 152 Å². The number of amides is 1. The molecule has 6 nitrogen and oxygen atoms in total. The molecule has 0 aliphatic carbocycles. The second kappa shape index (κ2) is 7.33. The predicted octanol–water partition coefficient (Wildman–Crippen LogP) is 3.90. The number of benzene rings is 1. The maximum absolute atomic E-state index is 12.1. The summed E-state index contributed by atoms with van der Waals surface area (Å²) in [5.41, 5.74) is 1.59. The van der Waals surface area contributed by atoms with Crippen molar-refractivity contribution >= 4 is 51.4 Å². The molecule has 0 fully saturated rings. The predicted molar refractivity (Wildman–Crippen MR) is 97.0 cm³/mol. The van der Waals surface area contributed by atoms with Gasteiger partial charge in [0, 0.05) is 30.1 Å². The zero-order chi connectivity index (χ0) is 17.1. The first-order valence-corrected chi connectivity index (χ1v) is 9.26. The number of rotatable bonds is 5. The lowest BCUT2D eigenvalue weighted by Gasteiger charge is -2.18. The summed E-state index contributed by atoms with van der Waals surface area (Å²) in [6.45, 7) is 1.51. The minimum absolute atomic E-state index is 0.112. The Bertz CT molecular complexity index is 863. The van der Waals surface area contributed by atoms with Crippen molar-refractivity contribution in [1.29, 1.82) is 0 Å². The summed E-state index contributed by atoms with van der Waals surface area (Å²) in [4.78, 5) is 18.2. The Hall–Kier alpha value is -1.90. The van der Waals surface area contributed by atoms with Crippen LogP contribution in [0.4, 0.5) is 10.8 Å². The first-order valence-electron chi connectivity index (χ1n) is 7.02. The molecule has 0 aliphatic rings. The van der Waals surface area contributed by atoms with Crippen molar-refractivity contribution in [3.8, 4) is 0 Å². The smallest absolute Gasteiger partial charge is 0.230 e. The SMILES string of the molecule is CC(=O)N(c1cccc(Cl)c1)c1nc(CSc2nncn2C)cs1. The molecule has 0 saturated heterocycles. The number of hydrogen-bond donors (Lipinski definition) is 0. The maximum Gasteiger partial charge on any atom is 0.230 e. The normalized spacial score (nSPS) is 10.8. The number of halogens is 1. The Morgan fingerprint density at radius 2 is 2.29 bits per heavy atom. The van der Waals surface area contributed by atoms with Gasteiger partial charge in [0.1, 0.15) is 6.33 Å². The first kappa shape index (κ1) is 16.9. The van der Waals surface area contributed by atoms with E-state index in [2.05, 4.69) is 15.2 Å². The Balaban J connectivity index is 1.79. The van der Waals surface area contributed by atoms with Gasteiger partial charge >= 0.3 is 0 Å². The van der Waals surface area contributed by atoms with Gasteiger partial charge in [0.15, 0.2) is 10.3 Å². The average molecular weight is 380 g/mol. The van der Waals surface area contributed by atoms with Crippen LogP contribution in [0.5, 0.6) is 0 Å². The third-order valence-electron chi connectivity index (χ3n) is 3.13. The highest BCUT2D eigenvalue weighted by Gasteiger charge is 2.18. The number of thioether (sulfide) groups is 1. The van der Waals surface area contributed by atoms with Crippen molar-refractivity contribution in [1.82, 2.24) is 19.7 Å². The third-order valence-corrected chi connectivity index (χ3v) is 5.31. The molecule has 3 rings (SSSR count). The molecule has 0 spiro atoms. The average Bonchev–Trinajstić information content (AvgIpc) is 3.14. The molecule has 0 bridgehead atoms. The molecule has 1 aromatic carbocycles. The lowest BCUT2D eigenvalue weighted by molar-refractivity contribution is -0.115. The minimum atomic E-state index is -0.112. The molecule has 2 aromatic heterocycles. The molecule has 0 aliphatic heterocycles. The van der Waals surface area contributed by atoms with Gasteiger partial charge < -0.3 is 4.57 Å². The molecule has 0 saturated carbocycles. The van der Waals surface area contributed by atoms with Gasteiger partial charge in [-0.05, 0) is 18.2 Å². The van der Waals surface area contributed by atoms with E-state index in [4.69, 9.17) is 11.6 Å². The largest absolute Gasteiger partial charge is 0.312 e. The fraction of sp³-hybridized carbons (Fsp3) is 0.200. The van der Waals surface area contributed by atoms with Gasteiger partial charge in [-0.2, -0.15) is 0 Å². The van der Waals surface area contributed by atoms with Gasteiger partial charge in [0.2, 0.25) is 5.91 Å². The van der Waals surface area contributed by atoms with E-state index in [1.807, 2.05) is 29.1 Å². The number of carbonyl (C=O) groups excluding carboxylic acids is 1. The minimum Gasteiger partial charge on any atom is -0.312 e. The first-order chi connectivity index (χ1) is 11.5. The van der Waals surface area contributed by atoms with Crippen LogP contribution in [-0.2, 0) is 17.6 Å². The van der Waals surface area contributed by atoms with Gasteiger partial charge in [0.25, 0.3) is 0 Å². The Morgan fingerprint density at radius 1 is 1.46 bits per heavy atom. The van der Waals surface area contributed by atoms with E-state index < -0.39 is 0 Å². The van der Waals surface area contributed by atoms with E-state index in [0.29, 0.717) is 21.6 Å². The molecule has 9 heteroatoms. The highest BCUT2D eigenvalue weighted by molar-refractivity contribution is 7.98. The monoisotopic (exact) mass is 379 g/mol. The van der Waals surface area contributed by atoms with Crippen LogP contribution in [0.2, 0.25) is 5.02 Å². The van der Waals surface area contributed by atoms with Crippen molar-refractivity contribution < 1.29 is 4.79 Å². The lowest BCUT2D eigenvalue weighted by atomic mass is 10.3. The number of thiazole rings is 1. The molecular weight excluding hydrogens is 366 g/mol. The van der Waals surface area contributed by atoms with Crippen LogP contribution >= 0.6 is 34.7 Å². The van der Waals surface area contributed by atoms with E-state index in [9.17, 15) is 4.79 Å². The van der Waals surface area contributed by atoms with Crippen molar-refractivity contribution in [2.24, 2.45) is 7.05 Å². The second-order valence-electron chi connectivity index (χ2n) is 4.97. The van der Waals surface area contributed by atoms with Crippen molar-refractivity contribution in [2.45, 2.75) is 17.8 Å². The van der Waals surface area contributed by atoms with Crippen LogP contribution in [0.15, 0.2) is 41.1 Å². The fourth-order valence-electron chi connectivity index (χ4n) is 2.05. The van der Waals surface area contributed by atoms with Crippen molar-refractivity contribution in [3.05, 3.63) is 46.7 Å². The zero-order valence-corrected chi connectivity index (χ0v) is 15.4. The molecule has 0 atom stereocenters. The highest BCUT2D eigenvalue weighted by Crippen LogP contribution is 2.31.